The molecular formula is C17H27N3. The zero-order chi connectivity index (χ0) is 13.8. The van der Waals surface area contributed by atoms with Gasteiger partial charge in [0, 0.05) is 44.5 Å². The van der Waals surface area contributed by atoms with Crippen molar-refractivity contribution in [2.24, 2.45) is 5.92 Å². The Kier molecular flexibility index (Phi) is 4.58. The fourth-order valence-corrected chi connectivity index (χ4v) is 3.46. The highest BCUT2D eigenvalue weighted by molar-refractivity contribution is 5.46. The van der Waals surface area contributed by atoms with Crippen LogP contribution < -0.4 is 10.2 Å². The van der Waals surface area contributed by atoms with E-state index in [-0.39, 0.29) is 0 Å². The monoisotopic (exact) mass is 273 g/mol. The van der Waals surface area contributed by atoms with Crippen molar-refractivity contribution in [3.63, 3.8) is 0 Å². The number of rotatable bonds is 3. The molecule has 2 saturated heterocycles. The van der Waals surface area contributed by atoms with Gasteiger partial charge in [0.15, 0.2) is 0 Å². The first-order valence-corrected chi connectivity index (χ1v) is 8.08. The number of piperidine rings is 1. The number of hydrogen-bond donors (Lipinski definition) is 1. The summed E-state index contributed by atoms with van der Waals surface area (Å²) in [5, 5.41) is 3.70. The molecule has 1 aromatic rings. The van der Waals surface area contributed by atoms with E-state index in [0.717, 1.165) is 19.0 Å². The fourth-order valence-electron chi connectivity index (χ4n) is 3.46. The van der Waals surface area contributed by atoms with Crippen LogP contribution in [0.1, 0.15) is 19.8 Å². The van der Waals surface area contributed by atoms with Crippen LogP contribution in [0.25, 0.3) is 0 Å². The van der Waals surface area contributed by atoms with Crippen molar-refractivity contribution in [2.45, 2.75) is 25.8 Å². The lowest BCUT2D eigenvalue weighted by Crippen LogP contribution is -2.53. The summed E-state index contributed by atoms with van der Waals surface area (Å²) < 4.78 is 0. The normalized spacial score (nSPS) is 28.6. The number of hydrogen-bond acceptors (Lipinski definition) is 3. The van der Waals surface area contributed by atoms with Gasteiger partial charge in [-0.05, 0) is 37.4 Å². The second-order valence-electron chi connectivity index (χ2n) is 6.30. The predicted octanol–water partition coefficient (Wildman–Crippen LogP) is 2.20. The van der Waals surface area contributed by atoms with Crippen LogP contribution >= 0.6 is 0 Å². The zero-order valence-electron chi connectivity index (χ0n) is 12.6. The highest BCUT2D eigenvalue weighted by atomic mass is 15.3. The minimum absolute atomic E-state index is 0.701. The minimum atomic E-state index is 0.701. The van der Waals surface area contributed by atoms with E-state index in [4.69, 9.17) is 0 Å². The number of nitrogens with zero attached hydrogens (tertiary/aromatic N) is 2. The van der Waals surface area contributed by atoms with Gasteiger partial charge in [0.05, 0.1) is 0 Å². The van der Waals surface area contributed by atoms with Gasteiger partial charge >= 0.3 is 0 Å². The maximum absolute atomic E-state index is 3.70. The number of benzene rings is 1. The molecule has 110 valence electrons. The van der Waals surface area contributed by atoms with E-state index in [1.165, 1.54) is 44.7 Å². The molecule has 2 aliphatic rings. The van der Waals surface area contributed by atoms with E-state index in [1.807, 2.05) is 0 Å². The van der Waals surface area contributed by atoms with Crippen molar-refractivity contribution in [3.8, 4) is 0 Å². The zero-order valence-corrected chi connectivity index (χ0v) is 12.6. The molecule has 2 heterocycles. The Morgan fingerprint density at radius 1 is 1.10 bits per heavy atom. The summed E-state index contributed by atoms with van der Waals surface area (Å²) in [5.41, 5.74) is 1.37. The van der Waals surface area contributed by atoms with E-state index >= 15 is 0 Å². The Balaban J connectivity index is 1.49. The number of nitrogens with one attached hydrogen (secondary N) is 1. The third-order valence-corrected chi connectivity index (χ3v) is 4.88. The second-order valence-corrected chi connectivity index (χ2v) is 6.30. The van der Waals surface area contributed by atoms with Crippen molar-refractivity contribution in [3.05, 3.63) is 30.3 Å². The highest BCUT2D eigenvalue weighted by Gasteiger charge is 2.25. The number of para-hydroxylation sites is 1. The molecule has 1 aromatic carbocycles. The average Bonchev–Trinajstić information content (AvgIpc) is 2.51. The van der Waals surface area contributed by atoms with Crippen molar-refractivity contribution in [1.29, 1.82) is 0 Å². The van der Waals surface area contributed by atoms with Crippen molar-refractivity contribution in [2.75, 3.05) is 44.2 Å². The molecule has 0 radical (unpaired) electrons. The molecule has 0 aromatic heterocycles. The summed E-state index contributed by atoms with van der Waals surface area (Å²) in [4.78, 5) is 5.15. The van der Waals surface area contributed by atoms with Crippen molar-refractivity contribution >= 4 is 5.69 Å². The van der Waals surface area contributed by atoms with Gasteiger partial charge in [-0.1, -0.05) is 25.1 Å². The van der Waals surface area contributed by atoms with Gasteiger partial charge in [0.25, 0.3) is 0 Å². The van der Waals surface area contributed by atoms with E-state index in [1.54, 1.807) is 0 Å². The minimum Gasteiger partial charge on any atom is -0.369 e. The van der Waals surface area contributed by atoms with Crippen LogP contribution in [0.2, 0.25) is 0 Å². The first-order valence-electron chi connectivity index (χ1n) is 8.08. The maximum atomic E-state index is 3.70. The molecule has 0 aliphatic carbocycles. The SMILES string of the molecule is CC1CCCNC1CN1CCN(c2ccccc2)CC1. The quantitative estimate of drug-likeness (QED) is 0.911. The van der Waals surface area contributed by atoms with Gasteiger partial charge in [0.2, 0.25) is 0 Å². The Labute approximate surface area is 123 Å². The molecule has 20 heavy (non-hydrogen) atoms. The van der Waals surface area contributed by atoms with E-state index in [9.17, 15) is 0 Å². The molecule has 0 spiro atoms. The molecule has 2 aliphatic heterocycles. The maximum Gasteiger partial charge on any atom is 0.0367 e. The third-order valence-electron chi connectivity index (χ3n) is 4.88. The molecule has 1 N–H and O–H groups in total. The standard InChI is InChI=1S/C17H27N3/c1-15-6-5-9-18-17(15)14-19-10-12-20(13-11-19)16-7-3-2-4-8-16/h2-4,7-8,15,17-18H,5-6,9-14H2,1H3. The van der Waals surface area contributed by atoms with Gasteiger partial charge in [0.1, 0.15) is 0 Å². The van der Waals surface area contributed by atoms with Crippen LogP contribution in [0.15, 0.2) is 30.3 Å². The van der Waals surface area contributed by atoms with E-state index in [2.05, 4.69) is 52.4 Å². The first-order chi connectivity index (χ1) is 9.83. The largest absolute Gasteiger partial charge is 0.369 e. The lowest BCUT2D eigenvalue weighted by molar-refractivity contribution is 0.183. The predicted molar refractivity (Wildman–Crippen MR) is 85.3 cm³/mol. The van der Waals surface area contributed by atoms with Gasteiger partial charge < -0.3 is 10.2 Å². The van der Waals surface area contributed by atoms with Crippen molar-refractivity contribution in [1.82, 2.24) is 10.2 Å². The highest BCUT2D eigenvalue weighted by Crippen LogP contribution is 2.19. The summed E-state index contributed by atoms with van der Waals surface area (Å²) >= 11 is 0. The lowest BCUT2D eigenvalue weighted by atomic mass is 9.92. The molecule has 2 unspecified atom stereocenters. The Morgan fingerprint density at radius 2 is 1.85 bits per heavy atom. The van der Waals surface area contributed by atoms with Crippen LogP contribution in [0.5, 0.6) is 0 Å². The summed E-state index contributed by atoms with van der Waals surface area (Å²) in [6.45, 7) is 9.54. The van der Waals surface area contributed by atoms with Gasteiger partial charge in [-0.15, -0.1) is 0 Å². The molecule has 3 heteroatoms. The molecule has 2 atom stereocenters. The summed E-state index contributed by atoms with van der Waals surface area (Å²) in [5.74, 6) is 0.830. The van der Waals surface area contributed by atoms with Crippen LogP contribution in [0.4, 0.5) is 5.69 Å². The molecule has 3 rings (SSSR count). The molecule has 3 nitrogen and oxygen atoms in total. The smallest absolute Gasteiger partial charge is 0.0367 e. The van der Waals surface area contributed by atoms with Gasteiger partial charge in [-0.3, -0.25) is 4.90 Å². The van der Waals surface area contributed by atoms with Gasteiger partial charge in [-0.2, -0.15) is 0 Å². The first kappa shape index (κ1) is 13.9. The van der Waals surface area contributed by atoms with Crippen LogP contribution in [-0.2, 0) is 0 Å². The second kappa shape index (κ2) is 6.59. The molecule has 0 bridgehead atoms. The molecule has 2 fully saturated rings. The van der Waals surface area contributed by atoms with Crippen LogP contribution in [0.3, 0.4) is 0 Å². The molecule has 0 amide bonds. The Morgan fingerprint density at radius 3 is 2.55 bits per heavy atom. The third kappa shape index (κ3) is 3.33. The van der Waals surface area contributed by atoms with Crippen molar-refractivity contribution < 1.29 is 0 Å². The fraction of sp³-hybridized carbons (Fsp3) is 0.647. The van der Waals surface area contributed by atoms with Crippen LogP contribution in [0, 0.1) is 5.92 Å². The van der Waals surface area contributed by atoms with E-state index < -0.39 is 0 Å². The summed E-state index contributed by atoms with van der Waals surface area (Å²) in [7, 11) is 0. The number of anilines is 1. The average molecular weight is 273 g/mol. The van der Waals surface area contributed by atoms with Gasteiger partial charge in [-0.25, -0.2) is 0 Å². The summed E-state index contributed by atoms with van der Waals surface area (Å²) in [6.07, 6.45) is 2.74. The molecule has 0 saturated carbocycles. The summed E-state index contributed by atoms with van der Waals surface area (Å²) in [6, 6.07) is 11.5. The Hall–Kier alpha value is -1.06. The van der Waals surface area contributed by atoms with Crippen LogP contribution in [-0.4, -0.2) is 50.2 Å². The molecular weight excluding hydrogens is 246 g/mol. The van der Waals surface area contributed by atoms with E-state index in [0.29, 0.717) is 6.04 Å². The Bertz CT molecular complexity index is 398. The lowest BCUT2D eigenvalue weighted by Gasteiger charge is -2.40. The number of piperazine rings is 1. The topological polar surface area (TPSA) is 18.5 Å².